The Morgan fingerprint density at radius 1 is 1.29 bits per heavy atom. The number of hydrogen-bond acceptors (Lipinski definition) is 2. The minimum atomic E-state index is 0.193. The van der Waals surface area contributed by atoms with E-state index in [1.807, 2.05) is 0 Å². The highest BCUT2D eigenvalue weighted by Crippen LogP contribution is 2.28. The molecule has 17 heavy (non-hydrogen) atoms. The van der Waals surface area contributed by atoms with Crippen molar-refractivity contribution in [2.75, 3.05) is 5.73 Å². The molecule has 1 aromatic rings. The molecule has 0 radical (unpaired) electrons. The minimum absolute atomic E-state index is 0.193. The van der Waals surface area contributed by atoms with Crippen molar-refractivity contribution in [2.45, 2.75) is 38.5 Å². The fraction of sp³-hybridized carbons (Fsp3) is 0.500. The van der Waals surface area contributed by atoms with E-state index in [1.165, 1.54) is 32.1 Å². The van der Waals surface area contributed by atoms with Crippen molar-refractivity contribution in [3.63, 3.8) is 0 Å². The Kier molecular flexibility index (Phi) is 4.06. The van der Waals surface area contributed by atoms with Crippen LogP contribution in [0.5, 0.6) is 0 Å². The van der Waals surface area contributed by atoms with E-state index in [2.05, 4.69) is 0 Å². The molecule has 1 fully saturated rings. The van der Waals surface area contributed by atoms with Crippen LogP contribution in [0.15, 0.2) is 18.2 Å². The molecule has 0 unspecified atom stereocenters. The number of hydrogen-bond donors (Lipinski definition) is 1. The second kappa shape index (κ2) is 5.54. The first kappa shape index (κ1) is 12.4. The molecule has 0 spiro atoms. The Hall–Kier alpha value is -1.02. The Labute approximate surface area is 107 Å². The third kappa shape index (κ3) is 3.22. The number of Topliss-reactive ketones (excluding diaryl/α,β-unsaturated/α-hetero) is 1. The maximum atomic E-state index is 12.1. The molecular weight excluding hydrogens is 234 g/mol. The minimum Gasteiger partial charge on any atom is -0.398 e. The summed E-state index contributed by atoms with van der Waals surface area (Å²) < 4.78 is 0. The average molecular weight is 252 g/mol. The zero-order chi connectivity index (χ0) is 12.3. The molecule has 1 aliphatic rings. The number of rotatable bonds is 3. The molecule has 2 nitrogen and oxygen atoms in total. The highest BCUT2D eigenvalue weighted by atomic mass is 35.5. The molecule has 0 bridgehead atoms. The van der Waals surface area contributed by atoms with Crippen LogP contribution in [0.25, 0.3) is 0 Å². The van der Waals surface area contributed by atoms with Crippen molar-refractivity contribution in [2.24, 2.45) is 5.92 Å². The van der Waals surface area contributed by atoms with Gasteiger partial charge in [-0.3, -0.25) is 4.79 Å². The van der Waals surface area contributed by atoms with Gasteiger partial charge in [-0.25, -0.2) is 0 Å². The number of anilines is 1. The summed E-state index contributed by atoms with van der Waals surface area (Å²) in [7, 11) is 0. The highest BCUT2D eigenvalue weighted by molar-refractivity contribution is 6.33. The van der Waals surface area contributed by atoms with E-state index >= 15 is 0 Å². The molecule has 2 N–H and O–H groups in total. The van der Waals surface area contributed by atoms with Crippen molar-refractivity contribution < 1.29 is 4.79 Å². The zero-order valence-electron chi connectivity index (χ0n) is 9.92. The van der Waals surface area contributed by atoms with Crippen LogP contribution in [0, 0.1) is 5.92 Å². The van der Waals surface area contributed by atoms with Crippen molar-refractivity contribution in [3.05, 3.63) is 28.8 Å². The lowest BCUT2D eigenvalue weighted by Gasteiger charge is -2.20. The molecular formula is C14H18ClNO. The van der Waals surface area contributed by atoms with Gasteiger partial charge in [0.1, 0.15) is 0 Å². The number of nitrogens with two attached hydrogens (primary N) is 1. The smallest absolute Gasteiger partial charge is 0.163 e. The third-order valence-corrected chi connectivity index (χ3v) is 3.85. The van der Waals surface area contributed by atoms with Gasteiger partial charge in [-0.1, -0.05) is 43.7 Å². The predicted octanol–water partition coefficient (Wildman–Crippen LogP) is 4.08. The summed E-state index contributed by atoms with van der Waals surface area (Å²) in [4.78, 5) is 12.1. The molecule has 0 heterocycles. The molecule has 92 valence electrons. The Morgan fingerprint density at radius 3 is 2.65 bits per heavy atom. The number of halogens is 1. The number of benzene rings is 1. The summed E-state index contributed by atoms with van der Waals surface area (Å²) in [5.41, 5.74) is 6.85. The van der Waals surface area contributed by atoms with Crippen LogP contribution in [-0.4, -0.2) is 5.78 Å². The number of carbonyl (C=O) groups is 1. The molecule has 3 heteroatoms. The molecule has 0 amide bonds. The van der Waals surface area contributed by atoms with Gasteiger partial charge in [0, 0.05) is 12.0 Å². The molecule has 1 saturated carbocycles. The summed E-state index contributed by atoms with van der Waals surface area (Å²) in [6.07, 6.45) is 6.88. The van der Waals surface area contributed by atoms with Crippen LogP contribution in [0.3, 0.4) is 0 Å². The summed E-state index contributed by atoms with van der Waals surface area (Å²) in [5, 5.41) is 0.472. The molecule has 0 aromatic heterocycles. The van der Waals surface area contributed by atoms with Crippen LogP contribution in [0.4, 0.5) is 5.69 Å². The van der Waals surface area contributed by atoms with E-state index in [-0.39, 0.29) is 5.78 Å². The van der Waals surface area contributed by atoms with E-state index in [9.17, 15) is 4.79 Å². The van der Waals surface area contributed by atoms with E-state index in [1.54, 1.807) is 18.2 Å². The van der Waals surface area contributed by atoms with E-state index < -0.39 is 0 Å². The first-order chi connectivity index (χ1) is 8.16. The van der Waals surface area contributed by atoms with Gasteiger partial charge in [-0.05, 0) is 24.1 Å². The average Bonchev–Trinajstić information content (AvgIpc) is 2.34. The van der Waals surface area contributed by atoms with Crippen LogP contribution < -0.4 is 5.73 Å². The van der Waals surface area contributed by atoms with Gasteiger partial charge in [-0.15, -0.1) is 0 Å². The van der Waals surface area contributed by atoms with Gasteiger partial charge < -0.3 is 5.73 Å². The maximum absolute atomic E-state index is 12.1. The van der Waals surface area contributed by atoms with Crippen LogP contribution in [-0.2, 0) is 0 Å². The third-order valence-electron chi connectivity index (χ3n) is 3.52. The summed E-state index contributed by atoms with van der Waals surface area (Å²) >= 11 is 5.92. The van der Waals surface area contributed by atoms with Gasteiger partial charge in [0.15, 0.2) is 5.78 Å². The topological polar surface area (TPSA) is 43.1 Å². The van der Waals surface area contributed by atoms with Gasteiger partial charge in [0.2, 0.25) is 0 Å². The van der Waals surface area contributed by atoms with Crippen LogP contribution in [0.2, 0.25) is 5.02 Å². The lowest BCUT2D eigenvalue weighted by molar-refractivity contribution is 0.0950. The van der Waals surface area contributed by atoms with Gasteiger partial charge in [0.05, 0.1) is 10.7 Å². The second-order valence-corrected chi connectivity index (χ2v) is 5.27. The van der Waals surface area contributed by atoms with Gasteiger partial charge in [-0.2, -0.15) is 0 Å². The van der Waals surface area contributed by atoms with Crippen LogP contribution in [0.1, 0.15) is 48.9 Å². The first-order valence-corrected chi connectivity index (χ1v) is 6.63. The quantitative estimate of drug-likeness (QED) is 0.650. The second-order valence-electron chi connectivity index (χ2n) is 4.87. The molecule has 1 aromatic carbocycles. The molecule has 2 rings (SSSR count). The molecule has 0 atom stereocenters. The summed E-state index contributed by atoms with van der Waals surface area (Å²) in [6.45, 7) is 0. The number of carbonyl (C=O) groups excluding carboxylic acids is 1. The number of ketones is 1. The molecule has 0 aliphatic heterocycles. The highest BCUT2D eigenvalue weighted by Gasteiger charge is 2.18. The summed E-state index contributed by atoms with van der Waals surface area (Å²) in [6, 6.07) is 5.16. The standard InChI is InChI=1S/C14H18ClNO/c15-12-9-11(6-7-13(12)16)14(17)8-10-4-2-1-3-5-10/h6-7,9-10H,1-5,8,16H2. The lowest BCUT2D eigenvalue weighted by atomic mass is 9.85. The van der Waals surface area contributed by atoms with Crippen molar-refractivity contribution >= 4 is 23.1 Å². The largest absolute Gasteiger partial charge is 0.398 e. The van der Waals surface area contributed by atoms with E-state index in [0.29, 0.717) is 28.6 Å². The molecule has 0 saturated heterocycles. The zero-order valence-corrected chi connectivity index (χ0v) is 10.7. The monoisotopic (exact) mass is 251 g/mol. The van der Waals surface area contributed by atoms with E-state index in [4.69, 9.17) is 17.3 Å². The van der Waals surface area contributed by atoms with E-state index in [0.717, 1.165) is 0 Å². The fourth-order valence-corrected chi connectivity index (χ4v) is 2.65. The van der Waals surface area contributed by atoms with Crippen molar-refractivity contribution in [3.8, 4) is 0 Å². The lowest BCUT2D eigenvalue weighted by Crippen LogP contribution is -2.12. The first-order valence-electron chi connectivity index (χ1n) is 6.25. The van der Waals surface area contributed by atoms with Crippen LogP contribution >= 0.6 is 11.6 Å². The Morgan fingerprint density at radius 2 is 2.00 bits per heavy atom. The maximum Gasteiger partial charge on any atom is 0.163 e. The Bertz CT molecular complexity index is 411. The Balaban J connectivity index is 2.01. The predicted molar refractivity (Wildman–Crippen MR) is 71.4 cm³/mol. The fourth-order valence-electron chi connectivity index (χ4n) is 2.47. The summed E-state index contributed by atoms with van der Waals surface area (Å²) in [5.74, 6) is 0.756. The van der Waals surface area contributed by atoms with Crippen molar-refractivity contribution in [1.82, 2.24) is 0 Å². The van der Waals surface area contributed by atoms with Gasteiger partial charge >= 0.3 is 0 Å². The normalized spacial score (nSPS) is 17.0. The van der Waals surface area contributed by atoms with Gasteiger partial charge in [0.25, 0.3) is 0 Å². The number of nitrogen functional groups attached to an aromatic ring is 1. The molecule has 1 aliphatic carbocycles. The van der Waals surface area contributed by atoms with Crippen molar-refractivity contribution in [1.29, 1.82) is 0 Å². The SMILES string of the molecule is Nc1ccc(C(=O)CC2CCCCC2)cc1Cl.